The van der Waals surface area contributed by atoms with E-state index in [0.29, 0.717) is 12.8 Å². The molecule has 2 rings (SSSR count). The average Bonchev–Trinajstić information content (AvgIpc) is 2.59. The molecule has 25 heavy (non-hydrogen) atoms. The molecular weight excluding hydrogens is 351 g/mol. The summed E-state index contributed by atoms with van der Waals surface area (Å²) in [7, 11) is -3.83. The molecule has 2 unspecified atom stereocenters. The number of halogens is 1. The molecule has 7 nitrogen and oxygen atoms in total. The summed E-state index contributed by atoms with van der Waals surface area (Å²) in [6, 6.07) is 3.52. The van der Waals surface area contributed by atoms with Crippen LogP contribution < -0.4 is 5.32 Å². The molecule has 1 aliphatic rings. The molecule has 0 radical (unpaired) electrons. The van der Waals surface area contributed by atoms with Gasteiger partial charge in [-0.1, -0.05) is 6.92 Å². The number of piperidine rings is 1. The van der Waals surface area contributed by atoms with Gasteiger partial charge in [-0.2, -0.15) is 4.31 Å². The lowest BCUT2D eigenvalue weighted by Gasteiger charge is -2.31. The number of carboxylic acids is 1. The van der Waals surface area contributed by atoms with E-state index in [1.165, 1.54) is 16.4 Å². The maximum Gasteiger partial charge on any atom is 0.326 e. The van der Waals surface area contributed by atoms with Crippen molar-refractivity contribution >= 4 is 21.9 Å². The van der Waals surface area contributed by atoms with Crippen LogP contribution in [0.4, 0.5) is 4.39 Å². The monoisotopic (exact) mass is 372 g/mol. The first-order chi connectivity index (χ1) is 11.8. The Morgan fingerprint density at radius 2 is 2.00 bits per heavy atom. The number of carbonyl (C=O) groups excluding carboxylic acids is 1. The molecule has 1 amide bonds. The Kier molecular flexibility index (Phi) is 6.12. The summed E-state index contributed by atoms with van der Waals surface area (Å²) in [6.07, 6.45) is 1.21. The van der Waals surface area contributed by atoms with E-state index in [1.807, 2.05) is 0 Å². The first-order valence-electron chi connectivity index (χ1n) is 8.04. The van der Waals surface area contributed by atoms with Crippen LogP contribution >= 0.6 is 0 Å². The van der Waals surface area contributed by atoms with E-state index in [2.05, 4.69) is 5.32 Å². The number of carboxylic acid groups (broad SMARTS) is 1. The molecule has 2 N–H and O–H groups in total. The van der Waals surface area contributed by atoms with Crippen molar-refractivity contribution in [1.82, 2.24) is 9.62 Å². The second-order valence-corrected chi connectivity index (χ2v) is 7.90. The summed E-state index contributed by atoms with van der Waals surface area (Å²) < 4.78 is 39.4. The maximum atomic E-state index is 13.0. The van der Waals surface area contributed by atoms with Crippen LogP contribution in [-0.2, 0) is 19.6 Å². The summed E-state index contributed by atoms with van der Waals surface area (Å²) in [5, 5.41) is 11.5. The van der Waals surface area contributed by atoms with Gasteiger partial charge in [0, 0.05) is 13.1 Å². The molecular formula is C16H21FN2O5S. The minimum Gasteiger partial charge on any atom is -0.480 e. The molecule has 1 aliphatic heterocycles. The molecule has 0 saturated carbocycles. The number of nitrogens with one attached hydrogen (secondary N) is 1. The number of amides is 1. The van der Waals surface area contributed by atoms with Crippen molar-refractivity contribution in [1.29, 1.82) is 0 Å². The minimum absolute atomic E-state index is 0.0262. The number of sulfonamides is 1. The van der Waals surface area contributed by atoms with Crippen molar-refractivity contribution in [2.24, 2.45) is 5.92 Å². The number of hydrogen-bond acceptors (Lipinski definition) is 4. The number of carbonyl (C=O) groups is 2. The van der Waals surface area contributed by atoms with Crippen LogP contribution in [0, 0.1) is 11.7 Å². The summed E-state index contributed by atoms with van der Waals surface area (Å²) in [4.78, 5) is 23.3. The van der Waals surface area contributed by atoms with Crippen molar-refractivity contribution in [2.45, 2.75) is 37.1 Å². The van der Waals surface area contributed by atoms with Gasteiger partial charge in [0.1, 0.15) is 11.9 Å². The van der Waals surface area contributed by atoms with E-state index in [1.54, 1.807) is 6.92 Å². The summed E-state index contributed by atoms with van der Waals surface area (Å²) in [6.45, 7) is 1.88. The molecule has 1 fully saturated rings. The van der Waals surface area contributed by atoms with E-state index in [4.69, 9.17) is 5.11 Å². The first kappa shape index (κ1) is 19.3. The molecule has 1 saturated heterocycles. The van der Waals surface area contributed by atoms with Crippen LogP contribution in [0.25, 0.3) is 0 Å². The van der Waals surface area contributed by atoms with Crippen LogP contribution in [0.5, 0.6) is 0 Å². The molecule has 0 aliphatic carbocycles. The number of hydrogen-bond donors (Lipinski definition) is 2. The summed E-state index contributed by atoms with van der Waals surface area (Å²) in [5.41, 5.74) is 0. The van der Waals surface area contributed by atoms with Crippen molar-refractivity contribution < 1.29 is 27.5 Å². The lowest BCUT2D eigenvalue weighted by atomic mass is 9.98. The zero-order valence-corrected chi connectivity index (χ0v) is 14.6. The predicted octanol–water partition coefficient (Wildman–Crippen LogP) is 1.21. The van der Waals surface area contributed by atoms with Gasteiger partial charge < -0.3 is 10.4 Å². The average molecular weight is 372 g/mol. The van der Waals surface area contributed by atoms with Gasteiger partial charge in [0.25, 0.3) is 0 Å². The highest BCUT2D eigenvalue weighted by Gasteiger charge is 2.34. The Morgan fingerprint density at radius 1 is 1.36 bits per heavy atom. The third-order valence-corrected chi connectivity index (χ3v) is 6.11. The van der Waals surface area contributed by atoms with Crippen LogP contribution in [0.1, 0.15) is 26.2 Å². The Morgan fingerprint density at radius 3 is 2.56 bits per heavy atom. The fourth-order valence-electron chi connectivity index (χ4n) is 2.76. The Balaban J connectivity index is 2.10. The Hall–Kier alpha value is -2.00. The summed E-state index contributed by atoms with van der Waals surface area (Å²) >= 11 is 0. The summed E-state index contributed by atoms with van der Waals surface area (Å²) in [5.74, 6) is -2.73. The molecule has 1 aromatic rings. The normalized spacial score (nSPS) is 20.0. The fourth-order valence-corrected chi connectivity index (χ4v) is 4.28. The second kappa shape index (κ2) is 7.92. The molecule has 138 valence electrons. The van der Waals surface area contributed by atoms with Gasteiger partial charge in [0.05, 0.1) is 10.8 Å². The van der Waals surface area contributed by atoms with Gasteiger partial charge in [-0.3, -0.25) is 4.79 Å². The number of nitrogens with zero attached hydrogens (tertiary/aromatic N) is 1. The molecule has 0 bridgehead atoms. The van der Waals surface area contributed by atoms with E-state index in [9.17, 15) is 22.4 Å². The topological polar surface area (TPSA) is 104 Å². The van der Waals surface area contributed by atoms with Gasteiger partial charge in [-0.25, -0.2) is 17.6 Å². The van der Waals surface area contributed by atoms with Crippen molar-refractivity contribution in [3.63, 3.8) is 0 Å². The van der Waals surface area contributed by atoms with Gasteiger partial charge in [-0.05, 0) is 43.5 Å². The largest absolute Gasteiger partial charge is 0.480 e. The van der Waals surface area contributed by atoms with Gasteiger partial charge in [0.15, 0.2) is 0 Å². The quantitative estimate of drug-likeness (QED) is 0.781. The number of benzene rings is 1. The Labute approximate surface area is 145 Å². The van der Waals surface area contributed by atoms with Gasteiger partial charge >= 0.3 is 5.97 Å². The molecule has 0 spiro atoms. The fraction of sp³-hybridized carbons (Fsp3) is 0.500. The van der Waals surface area contributed by atoms with Crippen LogP contribution in [0.3, 0.4) is 0 Å². The third-order valence-electron chi connectivity index (χ3n) is 4.23. The zero-order valence-electron chi connectivity index (χ0n) is 13.8. The lowest BCUT2D eigenvalue weighted by molar-refractivity contribution is -0.142. The standard InChI is InChI=1S/C16H21FN2O5S/c1-2-14(16(21)22)18-15(20)11-4-3-9-19(10-11)25(23,24)13-7-5-12(17)6-8-13/h5-8,11,14H,2-4,9-10H2,1H3,(H,18,20)(H,21,22). The molecule has 2 atom stereocenters. The predicted molar refractivity (Wildman–Crippen MR) is 87.7 cm³/mol. The van der Waals surface area contributed by atoms with Gasteiger partial charge in [-0.15, -0.1) is 0 Å². The van der Waals surface area contributed by atoms with Crippen molar-refractivity contribution in [3.05, 3.63) is 30.1 Å². The highest BCUT2D eigenvalue weighted by molar-refractivity contribution is 7.89. The highest BCUT2D eigenvalue weighted by atomic mass is 32.2. The van der Waals surface area contributed by atoms with Crippen LogP contribution in [0.2, 0.25) is 0 Å². The van der Waals surface area contributed by atoms with E-state index < -0.39 is 39.7 Å². The third kappa shape index (κ3) is 4.55. The van der Waals surface area contributed by atoms with Crippen molar-refractivity contribution in [3.8, 4) is 0 Å². The van der Waals surface area contributed by atoms with E-state index >= 15 is 0 Å². The van der Waals surface area contributed by atoms with Crippen molar-refractivity contribution in [2.75, 3.05) is 13.1 Å². The highest BCUT2D eigenvalue weighted by Crippen LogP contribution is 2.24. The molecule has 9 heteroatoms. The SMILES string of the molecule is CCC(NC(=O)C1CCCN(S(=O)(=O)c2ccc(F)cc2)C1)C(=O)O. The second-order valence-electron chi connectivity index (χ2n) is 5.96. The van der Waals surface area contributed by atoms with Crippen LogP contribution in [0.15, 0.2) is 29.2 Å². The molecule has 0 aromatic heterocycles. The smallest absolute Gasteiger partial charge is 0.326 e. The van der Waals surface area contributed by atoms with E-state index in [-0.39, 0.29) is 24.4 Å². The maximum absolute atomic E-state index is 13.0. The Bertz CT molecular complexity index is 735. The molecule has 1 heterocycles. The molecule has 1 aromatic carbocycles. The van der Waals surface area contributed by atoms with E-state index in [0.717, 1.165) is 12.1 Å². The zero-order chi connectivity index (χ0) is 18.6. The first-order valence-corrected chi connectivity index (χ1v) is 9.48. The minimum atomic E-state index is -3.83. The van der Waals surface area contributed by atoms with Crippen LogP contribution in [-0.4, -0.2) is 48.8 Å². The lowest BCUT2D eigenvalue weighted by Crippen LogP contribution is -2.49. The van der Waals surface area contributed by atoms with Gasteiger partial charge in [0.2, 0.25) is 15.9 Å². The number of aliphatic carboxylic acids is 1. The number of rotatable bonds is 6.